The molecule has 0 spiro atoms. The van der Waals surface area contributed by atoms with Gasteiger partial charge in [-0.25, -0.2) is 0 Å². The van der Waals surface area contributed by atoms with Crippen LogP contribution in [0.3, 0.4) is 0 Å². The number of thiophene rings is 1. The smallest absolute Gasteiger partial charge is 0.0355 e. The molecule has 1 heteroatoms. The van der Waals surface area contributed by atoms with E-state index >= 15 is 0 Å². The minimum absolute atomic E-state index is 0.410. The second-order valence-corrected chi connectivity index (χ2v) is 19.2. The van der Waals surface area contributed by atoms with Crippen molar-refractivity contribution in [3.63, 3.8) is 0 Å². The van der Waals surface area contributed by atoms with Crippen molar-refractivity contribution in [3.8, 4) is 33.4 Å². The Kier molecular flexibility index (Phi) is 7.74. The largest absolute Gasteiger partial charge is 0.135 e. The van der Waals surface area contributed by atoms with E-state index in [0.29, 0.717) is 17.8 Å². The molecule has 0 saturated heterocycles. The van der Waals surface area contributed by atoms with E-state index in [0.717, 1.165) is 19.3 Å². The molecule has 9 aromatic rings. The molecule has 0 fully saturated rings. The van der Waals surface area contributed by atoms with Crippen molar-refractivity contribution in [2.24, 2.45) is 17.8 Å². The number of allylic oxidation sites excluding steroid dienone is 16. The fourth-order valence-corrected chi connectivity index (χ4v) is 13.0. The molecule has 14 rings (SSSR count). The average molecular weight is 819 g/mol. The molecule has 8 aromatic carbocycles. The molecule has 296 valence electrons. The lowest BCUT2D eigenvalue weighted by Crippen LogP contribution is -2.36. The van der Waals surface area contributed by atoms with Gasteiger partial charge < -0.3 is 0 Å². The molecule has 1 heterocycles. The van der Waals surface area contributed by atoms with Gasteiger partial charge in [0.1, 0.15) is 0 Å². The summed E-state index contributed by atoms with van der Waals surface area (Å²) in [5.41, 5.74) is 17.6. The lowest BCUT2D eigenvalue weighted by molar-refractivity contribution is 0.347. The second kappa shape index (κ2) is 13.7. The second-order valence-electron chi connectivity index (χ2n) is 18.2. The van der Waals surface area contributed by atoms with Crippen molar-refractivity contribution in [2.45, 2.75) is 19.3 Å². The Bertz CT molecular complexity index is 3660. The van der Waals surface area contributed by atoms with Crippen LogP contribution in [0.1, 0.15) is 24.8 Å². The summed E-state index contributed by atoms with van der Waals surface area (Å²) in [6.07, 6.45) is 27.6. The summed E-state index contributed by atoms with van der Waals surface area (Å²) >= 11 is 1.89. The molecule has 5 aliphatic rings. The van der Waals surface area contributed by atoms with Gasteiger partial charge in [-0.1, -0.05) is 176 Å². The van der Waals surface area contributed by atoms with Gasteiger partial charge in [0.2, 0.25) is 0 Å². The highest BCUT2D eigenvalue weighted by atomic mass is 32.1. The SMILES string of the molecule is C1=CC(C2=CC=C3C=CC4=C(c5ccc(-c6ccc7sc8ccc(-c9ccc(-c%10ccc%11ccc%12cccc%13ccc%10c%11c%12%13)cc9)cc8c7c6)cc5)C=CC5=CCC2C3C54)=CCC1. The van der Waals surface area contributed by atoms with Gasteiger partial charge in [0.15, 0.2) is 0 Å². The zero-order valence-electron chi connectivity index (χ0n) is 34.8. The summed E-state index contributed by atoms with van der Waals surface area (Å²) in [5.74, 6) is 1.43. The van der Waals surface area contributed by atoms with Crippen LogP contribution in [-0.4, -0.2) is 0 Å². The number of rotatable bonds is 5. The zero-order chi connectivity index (χ0) is 41.2. The first-order chi connectivity index (χ1) is 31.2. The lowest BCUT2D eigenvalue weighted by Gasteiger charge is -2.46. The molecule has 0 saturated carbocycles. The van der Waals surface area contributed by atoms with Crippen LogP contribution in [0.5, 0.6) is 0 Å². The number of hydrogen-bond acceptors (Lipinski definition) is 1. The van der Waals surface area contributed by atoms with Crippen LogP contribution < -0.4 is 0 Å². The van der Waals surface area contributed by atoms with Crippen molar-refractivity contribution in [1.82, 2.24) is 0 Å². The number of fused-ring (bicyclic) bond motifs is 3. The summed E-state index contributed by atoms with van der Waals surface area (Å²) < 4.78 is 2.66. The maximum Gasteiger partial charge on any atom is 0.0355 e. The van der Waals surface area contributed by atoms with Crippen LogP contribution in [-0.2, 0) is 0 Å². The third-order valence-corrected chi connectivity index (χ3v) is 16.1. The number of benzene rings is 8. The Morgan fingerprint density at radius 3 is 1.84 bits per heavy atom. The monoisotopic (exact) mass is 818 g/mol. The van der Waals surface area contributed by atoms with Gasteiger partial charge in [0.25, 0.3) is 0 Å². The summed E-state index contributed by atoms with van der Waals surface area (Å²) in [4.78, 5) is 0. The summed E-state index contributed by atoms with van der Waals surface area (Å²) in [5, 5.41) is 10.6. The molecular weight excluding hydrogens is 777 g/mol. The topological polar surface area (TPSA) is 0 Å². The van der Waals surface area contributed by atoms with Gasteiger partial charge in [0.05, 0.1) is 0 Å². The zero-order valence-corrected chi connectivity index (χ0v) is 35.6. The molecule has 0 amide bonds. The average Bonchev–Trinajstić information content (AvgIpc) is 3.72. The molecule has 0 radical (unpaired) electrons. The van der Waals surface area contributed by atoms with Crippen LogP contribution in [0.2, 0.25) is 0 Å². The molecule has 1 aromatic heterocycles. The third kappa shape index (κ3) is 5.46. The highest BCUT2D eigenvalue weighted by molar-refractivity contribution is 7.25. The van der Waals surface area contributed by atoms with Crippen molar-refractivity contribution in [2.75, 3.05) is 0 Å². The van der Waals surface area contributed by atoms with E-state index in [1.54, 1.807) is 0 Å². The quantitative estimate of drug-likeness (QED) is 0.152. The first kappa shape index (κ1) is 35.5. The van der Waals surface area contributed by atoms with Gasteiger partial charge >= 0.3 is 0 Å². The van der Waals surface area contributed by atoms with Gasteiger partial charge in [-0.05, 0) is 154 Å². The first-order valence-corrected chi connectivity index (χ1v) is 23.5. The maximum absolute atomic E-state index is 2.53. The minimum atomic E-state index is 0.410. The molecular formula is C62H42S. The van der Waals surface area contributed by atoms with Crippen molar-refractivity contribution >= 4 is 69.4 Å². The van der Waals surface area contributed by atoms with Crippen LogP contribution >= 0.6 is 11.3 Å². The predicted octanol–water partition coefficient (Wildman–Crippen LogP) is 17.2. The summed E-state index contributed by atoms with van der Waals surface area (Å²) in [6, 6.07) is 52.9. The van der Waals surface area contributed by atoms with E-state index in [-0.39, 0.29) is 0 Å². The third-order valence-electron chi connectivity index (χ3n) is 14.9. The Morgan fingerprint density at radius 2 is 1.11 bits per heavy atom. The molecule has 0 nitrogen and oxygen atoms in total. The van der Waals surface area contributed by atoms with Crippen LogP contribution in [0.25, 0.3) is 91.4 Å². The molecule has 5 aliphatic carbocycles. The van der Waals surface area contributed by atoms with Gasteiger partial charge in [0, 0.05) is 32.0 Å². The molecule has 0 aliphatic heterocycles. The van der Waals surface area contributed by atoms with E-state index in [1.165, 1.54) is 125 Å². The lowest BCUT2D eigenvalue weighted by atomic mass is 9.57. The normalized spacial score (nSPS) is 20.2. The standard InChI is InChI=1S/C62H42S/c1-2-5-39(6-3-1)49-27-20-45-24-32-54-51(29-21-46-23-31-53(49)61(45)62(46)54)41-15-11-38(12-16-41)48-26-34-58-56(36-48)55-35-47(25-33-57(55)63-58)37-9-13-40(14-10-37)50-28-19-44-18-17-42-7-4-8-43-22-30-52(50)60(44)59(42)43/h2,4-30,32-36,53,61-62H,1,3,31H2. The van der Waals surface area contributed by atoms with Crippen LogP contribution in [0.4, 0.5) is 0 Å². The van der Waals surface area contributed by atoms with Crippen LogP contribution in [0, 0.1) is 17.8 Å². The Balaban J connectivity index is 0.770. The van der Waals surface area contributed by atoms with Crippen molar-refractivity contribution < 1.29 is 0 Å². The summed E-state index contributed by atoms with van der Waals surface area (Å²) in [6.45, 7) is 0. The molecule has 0 N–H and O–H groups in total. The van der Waals surface area contributed by atoms with Crippen LogP contribution in [0.15, 0.2) is 228 Å². The predicted molar refractivity (Wildman–Crippen MR) is 270 cm³/mol. The number of hydrogen-bond donors (Lipinski definition) is 0. The summed E-state index contributed by atoms with van der Waals surface area (Å²) in [7, 11) is 0. The molecule has 3 unspecified atom stereocenters. The van der Waals surface area contributed by atoms with E-state index in [9.17, 15) is 0 Å². The highest BCUT2D eigenvalue weighted by Gasteiger charge is 2.44. The molecule has 63 heavy (non-hydrogen) atoms. The Morgan fingerprint density at radius 1 is 0.460 bits per heavy atom. The van der Waals surface area contributed by atoms with Crippen molar-refractivity contribution in [1.29, 1.82) is 0 Å². The minimum Gasteiger partial charge on any atom is -0.135 e. The highest BCUT2D eigenvalue weighted by Crippen LogP contribution is 2.55. The first-order valence-electron chi connectivity index (χ1n) is 22.6. The fraction of sp³-hybridized carbons (Fsp3) is 0.0968. The van der Waals surface area contributed by atoms with E-state index in [1.807, 2.05) is 11.3 Å². The van der Waals surface area contributed by atoms with Gasteiger partial charge in [-0.15, -0.1) is 11.3 Å². The van der Waals surface area contributed by atoms with E-state index in [4.69, 9.17) is 0 Å². The fourth-order valence-electron chi connectivity index (χ4n) is 11.9. The van der Waals surface area contributed by atoms with Crippen molar-refractivity contribution in [3.05, 3.63) is 234 Å². The van der Waals surface area contributed by atoms with Gasteiger partial charge in [-0.3, -0.25) is 0 Å². The van der Waals surface area contributed by atoms with E-state index in [2.05, 4.69) is 200 Å². The Labute approximate surface area is 371 Å². The Hall–Kier alpha value is -7.06. The molecule has 0 bridgehead atoms. The van der Waals surface area contributed by atoms with E-state index < -0.39 is 0 Å². The maximum atomic E-state index is 2.53. The van der Waals surface area contributed by atoms with Gasteiger partial charge in [-0.2, -0.15) is 0 Å². The molecule has 3 atom stereocenters.